The molecule has 3 heterocycles. The Hall–Kier alpha value is -2.82. The molecule has 1 fully saturated rings. The number of aromatic nitrogens is 1. The number of carbonyl (C=O) groups is 3. The summed E-state index contributed by atoms with van der Waals surface area (Å²) in [7, 11) is 1.50. The molecule has 0 spiro atoms. The van der Waals surface area contributed by atoms with E-state index in [1.165, 1.54) is 29.7 Å². The molecule has 0 aliphatic carbocycles. The van der Waals surface area contributed by atoms with E-state index in [-0.39, 0.29) is 36.1 Å². The molecular weight excluding hydrogens is 434 g/mol. The Balaban J connectivity index is 1.54. The predicted molar refractivity (Wildman–Crippen MR) is 121 cm³/mol. The van der Waals surface area contributed by atoms with Crippen molar-refractivity contribution in [3.05, 3.63) is 50.8 Å². The molecule has 0 saturated carbocycles. The molecule has 1 aliphatic heterocycles. The maximum absolute atomic E-state index is 13.3. The maximum atomic E-state index is 13.3. The van der Waals surface area contributed by atoms with Crippen LogP contribution in [0.15, 0.2) is 29.6 Å². The van der Waals surface area contributed by atoms with Gasteiger partial charge in [0.15, 0.2) is 0 Å². The Labute approximate surface area is 187 Å². The van der Waals surface area contributed by atoms with Crippen LogP contribution in [0.3, 0.4) is 0 Å². The number of nitrogens with two attached hydrogens (primary N) is 1. The Kier molecular flexibility index (Phi) is 6.03. The van der Waals surface area contributed by atoms with Crippen molar-refractivity contribution >= 4 is 50.5 Å². The highest BCUT2D eigenvalue weighted by molar-refractivity contribution is 7.20. The first-order valence-corrected chi connectivity index (χ1v) is 11.6. The van der Waals surface area contributed by atoms with E-state index in [1.807, 2.05) is 25.1 Å². The lowest BCUT2D eigenvalue weighted by molar-refractivity contribution is -0.119. The van der Waals surface area contributed by atoms with Gasteiger partial charge in [0, 0.05) is 29.7 Å². The predicted octanol–water partition coefficient (Wildman–Crippen LogP) is 2.06. The highest BCUT2D eigenvalue weighted by Gasteiger charge is 2.37. The number of carbonyl (C=O) groups excluding carboxylic acids is 3. The molecule has 31 heavy (non-hydrogen) atoms. The topological polar surface area (TPSA) is 117 Å². The van der Waals surface area contributed by atoms with E-state index >= 15 is 0 Å². The minimum atomic E-state index is -0.425. The van der Waals surface area contributed by atoms with E-state index in [0.29, 0.717) is 22.9 Å². The van der Waals surface area contributed by atoms with E-state index in [4.69, 9.17) is 5.73 Å². The molecule has 162 valence electrons. The largest absolute Gasteiger partial charge is 0.358 e. The number of fused-ring (bicyclic) bond motifs is 1. The number of hydrogen-bond acceptors (Lipinski definition) is 7. The zero-order chi connectivity index (χ0) is 22.1. The van der Waals surface area contributed by atoms with Crippen molar-refractivity contribution in [3.8, 4) is 0 Å². The summed E-state index contributed by atoms with van der Waals surface area (Å²) in [6.07, 6.45) is 0.586. The van der Waals surface area contributed by atoms with Gasteiger partial charge in [-0.25, -0.2) is 4.98 Å². The lowest BCUT2D eigenvalue weighted by Gasteiger charge is -2.22. The van der Waals surface area contributed by atoms with Gasteiger partial charge in [-0.3, -0.25) is 14.4 Å². The highest BCUT2D eigenvalue weighted by atomic mass is 32.1. The number of aryl methyl sites for hydroxylation is 1. The molecule has 4 N–H and O–H groups in total. The van der Waals surface area contributed by atoms with E-state index in [0.717, 1.165) is 15.6 Å². The number of thiophene rings is 1. The van der Waals surface area contributed by atoms with E-state index in [2.05, 4.69) is 21.7 Å². The first-order valence-electron chi connectivity index (χ1n) is 9.86. The van der Waals surface area contributed by atoms with Gasteiger partial charge >= 0.3 is 0 Å². The van der Waals surface area contributed by atoms with Gasteiger partial charge in [0.05, 0.1) is 17.5 Å². The van der Waals surface area contributed by atoms with Crippen LogP contribution in [0.4, 0.5) is 0 Å². The van der Waals surface area contributed by atoms with Gasteiger partial charge in [-0.05, 0) is 36.4 Å². The third-order valence-corrected chi connectivity index (χ3v) is 7.24. The van der Waals surface area contributed by atoms with Gasteiger partial charge < -0.3 is 21.3 Å². The summed E-state index contributed by atoms with van der Waals surface area (Å²) in [6.45, 7) is 2.35. The van der Waals surface area contributed by atoms with Crippen LogP contribution in [0.2, 0.25) is 0 Å². The van der Waals surface area contributed by atoms with Crippen molar-refractivity contribution in [2.24, 2.45) is 5.73 Å². The van der Waals surface area contributed by atoms with E-state index in [9.17, 15) is 14.4 Å². The molecular formula is C21H23N5O3S2. The number of nitrogens with zero attached hydrogens (tertiary/aromatic N) is 2. The summed E-state index contributed by atoms with van der Waals surface area (Å²) in [5, 5.41) is 8.33. The monoisotopic (exact) mass is 457 g/mol. The van der Waals surface area contributed by atoms with Gasteiger partial charge in [0.1, 0.15) is 10.7 Å². The third-order valence-electron chi connectivity index (χ3n) is 5.21. The molecule has 1 saturated heterocycles. The highest BCUT2D eigenvalue weighted by Crippen LogP contribution is 2.36. The van der Waals surface area contributed by atoms with Crippen LogP contribution in [0.5, 0.6) is 0 Å². The second-order valence-electron chi connectivity index (χ2n) is 7.55. The lowest BCUT2D eigenvalue weighted by Crippen LogP contribution is -2.35. The summed E-state index contributed by atoms with van der Waals surface area (Å²) < 4.78 is 1.08. The van der Waals surface area contributed by atoms with E-state index in [1.54, 1.807) is 10.3 Å². The van der Waals surface area contributed by atoms with Gasteiger partial charge in [-0.2, -0.15) is 0 Å². The van der Waals surface area contributed by atoms with Crippen LogP contribution in [-0.4, -0.2) is 53.8 Å². The summed E-state index contributed by atoms with van der Waals surface area (Å²) in [5.74, 6) is -0.787. The molecule has 1 aliphatic rings. The van der Waals surface area contributed by atoms with Gasteiger partial charge in [0.25, 0.3) is 11.8 Å². The van der Waals surface area contributed by atoms with Crippen molar-refractivity contribution in [2.75, 3.05) is 20.1 Å². The fraction of sp³-hybridized carbons (Fsp3) is 0.333. The number of nitrogens with one attached hydrogen (secondary N) is 2. The Morgan fingerprint density at radius 2 is 2.10 bits per heavy atom. The average molecular weight is 458 g/mol. The molecule has 3 amide bonds. The fourth-order valence-electron chi connectivity index (χ4n) is 3.60. The summed E-state index contributed by atoms with van der Waals surface area (Å²) >= 11 is 2.80. The molecule has 3 aromatic rings. The van der Waals surface area contributed by atoms with Crippen molar-refractivity contribution in [1.29, 1.82) is 0 Å². The van der Waals surface area contributed by atoms with Crippen LogP contribution in [-0.2, 0) is 4.79 Å². The molecule has 10 heteroatoms. The first-order chi connectivity index (χ1) is 14.9. The van der Waals surface area contributed by atoms with Crippen molar-refractivity contribution in [3.63, 3.8) is 0 Å². The lowest BCUT2D eigenvalue weighted by atomic mass is 10.2. The molecule has 0 bridgehead atoms. The van der Waals surface area contributed by atoms with Crippen molar-refractivity contribution in [2.45, 2.75) is 25.4 Å². The van der Waals surface area contributed by atoms with Gasteiger partial charge in [0.2, 0.25) is 5.91 Å². The van der Waals surface area contributed by atoms with Crippen LogP contribution in [0.1, 0.15) is 43.2 Å². The standard InChI is InChI=1S/C21H23N5O3S2/c1-11-3-4-12-6-17(31-16(12)5-11)21(29)26-9-13(22)7-15(26)20-25-14(10-30-20)19(28)24-8-18(27)23-2/h3-6,10,13,15H,7-9,22H2,1-2H3,(H,23,27)(H,24,28)/t13-,15+/m1/s1. The van der Waals surface area contributed by atoms with Gasteiger partial charge in [-0.15, -0.1) is 22.7 Å². The van der Waals surface area contributed by atoms with Crippen LogP contribution in [0.25, 0.3) is 10.1 Å². The molecule has 1 aromatic carbocycles. The SMILES string of the molecule is CNC(=O)CNC(=O)c1csc([C@@H]2C[C@@H](N)CN2C(=O)c2cc3ccc(C)cc3s2)n1. The summed E-state index contributed by atoms with van der Waals surface area (Å²) in [5.41, 5.74) is 7.57. The van der Waals surface area contributed by atoms with E-state index < -0.39 is 5.91 Å². The molecule has 4 rings (SSSR count). The Morgan fingerprint density at radius 1 is 1.29 bits per heavy atom. The maximum Gasteiger partial charge on any atom is 0.271 e. The number of amides is 3. The molecule has 2 aromatic heterocycles. The molecule has 8 nitrogen and oxygen atoms in total. The number of rotatable bonds is 5. The normalized spacial score (nSPS) is 18.4. The zero-order valence-corrected chi connectivity index (χ0v) is 18.8. The third kappa shape index (κ3) is 4.46. The second kappa shape index (κ2) is 8.74. The summed E-state index contributed by atoms with van der Waals surface area (Å²) in [6, 6.07) is 7.62. The summed E-state index contributed by atoms with van der Waals surface area (Å²) in [4.78, 5) is 43.8. The van der Waals surface area contributed by atoms with Crippen molar-refractivity contribution < 1.29 is 14.4 Å². The minimum Gasteiger partial charge on any atom is -0.358 e. The number of thiazole rings is 1. The number of hydrogen-bond donors (Lipinski definition) is 3. The quantitative estimate of drug-likeness (QED) is 0.542. The molecule has 0 unspecified atom stereocenters. The van der Waals surface area contributed by atoms with Crippen molar-refractivity contribution in [1.82, 2.24) is 20.5 Å². The first kappa shape index (κ1) is 21.4. The second-order valence-corrected chi connectivity index (χ2v) is 9.52. The zero-order valence-electron chi connectivity index (χ0n) is 17.2. The molecule has 2 atom stereocenters. The smallest absolute Gasteiger partial charge is 0.271 e. The Bertz CT molecular complexity index is 1160. The Morgan fingerprint density at radius 3 is 2.87 bits per heavy atom. The average Bonchev–Trinajstić information content (AvgIpc) is 3.48. The van der Waals surface area contributed by atoms with Crippen LogP contribution >= 0.6 is 22.7 Å². The van der Waals surface area contributed by atoms with Crippen LogP contribution < -0.4 is 16.4 Å². The molecule has 0 radical (unpaired) electrons. The fourth-order valence-corrected chi connectivity index (χ4v) is 5.64. The number of likely N-dealkylation sites (N-methyl/N-ethyl adjacent to an activating group) is 1. The number of benzene rings is 1. The van der Waals surface area contributed by atoms with Crippen LogP contribution in [0, 0.1) is 6.92 Å². The minimum absolute atomic E-state index is 0.0716. The number of likely N-dealkylation sites (tertiary alicyclic amines) is 1. The van der Waals surface area contributed by atoms with Gasteiger partial charge in [-0.1, -0.05) is 12.1 Å².